The second kappa shape index (κ2) is 9.42. The minimum absolute atomic E-state index is 0.138. The maximum Gasteiger partial charge on any atom is 0.257 e. The van der Waals surface area contributed by atoms with E-state index in [1.165, 1.54) is 11.1 Å². The Morgan fingerprint density at radius 2 is 1.46 bits per heavy atom. The molecule has 0 radical (unpaired) electrons. The van der Waals surface area contributed by atoms with Crippen LogP contribution in [0.25, 0.3) is 16.8 Å². The first-order valence-electron chi connectivity index (χ1n) is 9.33. The highest BCUT2D eigenvalue weighted by Gasteiger charge is 2.05. The molecule has 4 heteroatoms. The van der Waals surface area contributed by atoms with Crippen molar-refractivity contribution in [3.63, 3.8) is 0 Å². The van der Waals surface area contributed by atoms with Crippen molar-refractivity contribution in [2.24, 2.45) is 0 Å². The molecule has 0 aliphatic rings. The summed E-state index contributed by atoms with van der Waals surface area (Å²) in [6.07, 6.45) is 1.94. The molecule has 3 aromatic rings. The van der Waals surface area contributed by atoms with Crippen molar-refractivity contribution in [2.75, 3.05) is 11.9 Å². The zero-order valence-corrected chi connectivity index (χ0v) is 16.2. The molecule has 142 valence electrons. The second-order valence-electron chi connectivity index (χ2n) is 6.54. The van der Waals surface area contributed by atoms with Gasteiger partial charge in [0.05, 0.1) is 12.2 Å². The average molecular weight is 371 g/mol. The number of anilines is 1. The molecular formula is C24H25N3O. The summed E-state index contributed by atoms with van der Waals surface area (Å²) in [6.45, 7) is 4.16. The number of amides is 1. The first kappa shape index (κ1) is 19.2. The highest BCUT2D eigenvalue weighted by molar-refractivity contribution is 5.81. The van der Waals surface area contributed by atoms with E-state index in [0.29, 0.717) is 0 Å². The van der Waals surface area contributed by atoms with Crippen molar-refractivity contribution in [2.45, 2.75) is 13.8 Å². The van der Waals surface area contributed by atoms with Gasteiger partial charge in [-0.2, -0.15) is 0 Å². The zero-order valence-electron chi connectivity index (χ0n) is 16.2. The Kier molecular flexibility index (Phi) is 6.47. The van der Waals surface area contributed by atoms with E-state index in [-0.39, 0.29) is 12.5 Å². The third-order valence-corrected chi connectivity index (χ3v) is 4.43. The summed E-state index contributed by atoms with van der Waals surface area (Å²) < 4.78 is 0. The van der Waals surface area contributed by atoms with Crippen molar-refractivity contribution in [1.29, 1.82) is 0 Å². The van der Waals surface area contributed by atoms with Crippen molar-refractivity contribution in [3.05, 3.63) is 96.1 Å². The van der Waals surface area contributed by atoms with Gasteiger partial charge in [0.25, 0.3) is 5.91 Å². The van der Waals surface area contributed by atoms with Gasteiger partial charge >= 0.3 is 0 Å². The molecule has 0 heterocycles. The average Bonchev–Trinajstić information content (AvgIpc) is 2.75. The van der Waals surface area contributed by atoms with Gasteiger partial charge in [-0.25, -0.2) is 0 Å². The summed E-state index contributed by atoms with van der Waals surface area (Å²) in [7, 11) is 0. The summed E-state index contributed by atoms with van der Waals surface area (Å²) in [5.41, 5.74) is 12.1. The number of hydrogen-bond acceptors (Lipinski definition) is 3. The van der Waals surface area contributed by atoms with Crippen molar-refractivity contribution < 1.29 is 4.79 Å². The fraction of sp³-hybridized carbons (Fsp3) is 0.125. The zero-order chi connectivity index (χ0) is 19.8. The molecule has 3 aromatic carbocycles. The van der Waals surface area contributed by atoms with E-state index < -0.39 is 0 Å². The maximum atomic E-state index is 12.1. The fourth-order valence-corrected chi connectivity index (χ4v) is 2.82. The first-order valence-corrected chi connectivity index (χ1v) is 9.33. The number of benzene rings is 3. The first-order chi connectivity index (χ1) is 13.7. The predicted octanol–water partition coefficient (Wildman–Crippen LogP) is 4.76. The van der Waals surface area contributed by atoms with E-state index >= 15 is 0 Å². The monoisotopic (exact) mass is 371 g/mol. The van der Waals surface area contributed by atoms with E-state index in [1.54, 1.807) is 0 Å². The van der Waals surface area contributed by atoms with E-state index in [0.717, 1.165) is 22.5 Å². The van der Waals surface area contributed by atoms with Crippen LogP contribution in [0.5, 0.6) is 0 Å². The van der Waals surface area contributed by atoms with Gasteiger partial charge in [-0.1, -0.05) is 78.4 Å². The summed E-state index contributed by atoms with van der Waals surface area (Å²) in [6, 6.07) is 26.4. The standard InChI is InChI=1S/C24H25N3O/c1-3-23(21-13-11-20(12-14-21)19-7-5-4-6-8-19)26-27-24(28)17-25-22-15-9-18(2)10-16-22/h3-16,25-26H,17H2,1-2H3,(H,27,28). The van der Waals surface area contributed by atoms with Gasteiger partial charge in [-0.05, 0) is 42.7 Å². The van der Waals surface area contributed by atoms with Crippen LogP contribution in [-0.4, -0.2) is 12.5 Å². The van der Waals surface area contributed by atoms with Crippen LogP contribution >= 0.6 is 0 Å². The lowest BCUT2D eigenvalue weighted by Gasteiger charge is -2.14. The van der Waals surface area contributed by atoms with Crippen LogP contribution in [0.15, 0.2) is 84.9 Å². The van der Waals surface area contributed by atoms with Crippen LogP contribution in [0.3, 0.4) is 0 Å². The highest BCUT2D eigenvalue weighted by atomic mass is 16.2. The van der Waals surface area contributed by atoms with E-state index in [2.05, 4.69) is 40.4 Å². The summed E-state index contributed by atoms with van der Waals surface area (Å²) in [5, 5.41) is 3.11. The SMILES string of the molecule is CC=C(NNC(=O)CNc1ccc(C)cc1)c1ccc(-c2ccccc2)cc1. The Morgan fingerprint density at radius 3 is 2.11 bits per heavy atom. The molecule has 0 saturated heterocycles. The van der Waals surface area contributed by atoms with Crippen LogP contribution in [0.4, 0.5) is 5.69 Å². The van der Waals surface area contributed by atoms with Crippen molar-refractivity contribution >= 4 is 17.3 Å². The van der Waals surface area contributed by atoms with Gasteiger partial charge in [-0.15, -0.1) is 0 Å². The molecule has 1 amide bonds. The molecule has 0 spiro atoms. The van der Waals surface area contributed by atoms with Gasteiger partial charge in [0.1, 0.15) is 0 Å². The second-order valence-corrected chi connectivity index (χ2v) is 6.54. The molecule has 4 nitrogen and oxygen atoms in total. The van der Waals surface area contributed by atoms with Gasteiger partial charge in [0.2, 0.25) is 0 Å². The summed E-state index contributed by atoms with van der Waals surface area (Å²) in [4.78, 5) is 12.1. The van der Waals surface area contributed by atoms with Gasteiger partial charge < -0.3 is 5.32 Å². The Bertz CT molecular complexity index is 930. The van der Waals surface area contributed by atoms with E-state index in [9.17, 15) is 4.79 Å². The Balaban J connectivity index is 1.54. The van der Waals surface area contributed by atoms with Crippen LogP contribution in [-0.2, 0) is 4.79 Å². The van der Waals surface area contributed by atoms with Crippen LogP contribution < -0.4 is 16.2 Å². The topological polar surface area (TPSA) is 53.2 Å². The number of aryl methyl sites for hydroxylation is 1. The molecule has 28 heavy (non-hydrogen) atoms. The molecule has 0 aliphatic carbocycles. The molecule has 3 rings (SSSR count). The van der Waals surface area contributed by atoms with E-state index in [4.69, 9.17) is 0 Å². The summed E-state index contributed by atoms with van der Waals surface area (Å²) in [5.74, 6) is -0.138. The quantitative estimate of drug-likeness (QED) is 0.525. The number of hydrogen-bond donors (Lipinski definition) is 3. The molecule has 0 atom stereocenters. The third-order valence-electron chi connectivity index (χ3n) is 4.43. The lowest BCUT2D eigenvalue weighted by Crippen LogP contribution is -2.39. The minimum Gasteiger partial charge on any atom is -0.376 e. The van der Waals surface area contributed by atoms with Crippen LogP contribution in [0.2, 0.25) is 0 Å². The minimum atomic E-state index is -0.138. The molecule has 0 fully saturated rings. The molecular weight excluding hydrogens is 346 g/mol. The number of carbonyl (C=O) groups excluding carboxylic acids is 1. The summed E-state index contributed by atoms with van der Waals surface area (Å²) >= 11 is 0. The number of carbonyl (C=O) groups is 1. The smallest absolute Gasteiger partial charge is 0.257 e. The lowest BCUT2D eigenvalue weighted by atomic mass is 10.0. The molecule has 3 N–H and O–H groups in total. The Hall–Kier alpha value is -3.53. The Labute approximate surface area is 166 Å². The van der Waals surface area contributed by atoms with Crippen molar-refractivity contribution in [3.8, 4) is 11.1 Å². The maximum absolute atomic E-state index is 12.1. The number of allylic oxidation sites excluding steroid dienone is 1. The molecule has 0 aliphatic heterocycles. The van der Waals surface area contributed by atoms with Crippen LogP contribution in [0, 0.1) is 6.92 Å². The molecule has 0 bridgehead atoms. The molecule has 0 unspecified atom stereocenters. The van der Waals surface area contributed by atoms with Gasteiger partial charge in [-0.3, -0.25) is 15.6 Å². The Morgan fingerprint density at radius 1 is 0.821 bits per heavy atom. The highest BCUT2D eigenvalue weighted by Crippen LogP contribution is 2.21. The van der Waals surface area contributed by atoms with Gasteiger partial charge in [0, 0.05) is 5.69 Å². The molecule has 0 aromatic heterocycles. The lowest BCUT2D eigenvalue weighted by molar-refractivity contribution is -0.120. The number of hydrazine groups is 1. The van der Waals surface area contributed by atoms with Crippen molar-refractivity contribution in [1.82, 2.24) is 10.9 Å². The normalized spacial score (nSPS) is 11.0. The fourth-order valence-electron chi connectivity index (χ4n) is 2.82. The predicted molar refractivity (Wildman–Crippen MR) is 116 cm³/mol. The third kappa shape index (κ3) is 5.24. The van der Waals surface area contributed by atoms with Crippen LogP contribution in [0.1, 0.15) is 18.1 Å². The van der Waals surface area contributed by atoms with Gasteiger partial charge in [0.15, 0.2) is 0 Å². The molecule has 0 saturated carbocycles. The number of nitrogens with one attached hydrogen (secondary N) is 3. The van der Waals surface area contributed by atoms with E-state index in [1.807, 2.05) is 74.5 Å². The largest absolute Gasteiger partial charge is 0.376 e. The number of rotatable bonds is 7.